The second-order valence-electron chi connectivity index (χ2n) is 7.75. The van der Waals surface area contributed by atoms with Crippen LogP contribution in [0.4, 0.5) is 0 Å². The molecule has 2 atom stereocenters. The molecule has 29 heavy (non-hydrogen) atoms. The van der Waals surface area contributed by atoms with Crippen molar-refractivity contribution in [1.29, 1.82) is 0 Å². The highest BCUT2D eigenvalue weighted by molar-refractivity contribution is 6.01. The first-order valence-electron chi connectivity index (χ1n) is 9.59. The summed E-state index contributed by atoms with van der Waals surface area (Å²) in [5.74, 6) is -1.36. The van der Waals surface area contributed by atoms with E-state index in [1.807, 2.05) is 55.6 Å². The van der Waals surface area contributed by atoms with Crippen molar-refractivity contribution in [3.8, 4) is 0 Å². The topological polar surface area (TPSA) is 95.1 Å². The second-order valence-corrected chi connectivity index (χ2v) is 7.75. The summed E-state index contributed by atoms with van der Waals surface area (Å²) in [6.45, 7) is 2.19. The van der Waals surface area contributed by atoms with Gasteiger partial charge in [0, 0.05) is 19.3 Å². The lowest BCUT2D eigenvalue weighted by Crippen LogP contribution is -2.58. The molecule has 7 heteroatoms. The van der Waals surface area contributed by atoms with E-state index in [0.717, 1.165) is 11.1 Å². The first-order valence-corrected chi connectivity index (χ1v) is 9.59. The first-order chi connectivity index (χ1) is 13.9. The average Bonchev–Trinajstić information content (AvgIpc) is 3.12. The average molecular weight is 393 g/mol. The van der Waals surface area contributed by atoms with Gasteiger partial charge in [-0.25, -0.2) is 4.52 Å². The molecule has 1 saturated heterocycles. The van der Waals surface area contributed by atoms with Gasteiger partial charge in [0.25, 0.3) is 5.91 Å². The SMILES string of the molecule is Cc1ccc2c(C(=O)N3CC[C@H](O)[C@](Cc4ccccc4)(C(=O)O)C3)cnn2c1. The number of pyridine rings is 1. The van der Waals surface area contributed by atoms with Gasteiger partial charge in [0.15, 0.2) is 0 Å². The lowest BCUT2D eigenvalue weighted by molar-refractivity contribution is -0.161. The predicted octanol–water partition coefficient (Wildman–Crippen LogP) is 2.16. The number of benzene rings is 1. The molecule has 0 bridgehead atoms. The van der Waals surface area contributed by atoms with Crippen molar-refractivity contribution in [2.24, 2.45) is 5.41 Å². The normalized spacial score (nSPS) is 22.0. The molecule has 1 aliphatic rings. The third kappa shape index (κ3) is 3.38. The molecule has 1 aromatic carbocycles. The van der Waals surface area contributed by atoms with E-state index in [9.17, 15) is 19.8 Å². The van der Waals surface area contributed by atoms with Crippen LogP contribution in [0, 0.1) is 12.3 Å². The van der Waals surface area contributed by atoms with Crippen LogP contribution in [0.2, 0.25) is 0 Å². The van der Waals surface area contributed by atoms with E-state index in [-0.39, 0.29) is 25.3 Å². The molecule has 4 rings (SSSR count). The Balaban J connectivity index is 1.66. The number of amides is 1. The van der Waals surface area contributed by atoms with Gasteiger partial charge in [0.1, 0.15) is 5.41 Å². The van der Waals surface area contributed by atoms with E-state index in [1.54, 1.807) is 4.52 Å². The number of hydrogen-bond donors (Lipinski definition) is 2. The van der Waals surface area contributed by atoms with E-state index < -0.39 is 17.5 Å². The van der Waals surface area contributed by atoms with Gasteiger partial charge in [-0.1, -0.05) is 36.4 Å². The molecule has 2 N–H and O–H groups in total. The van der Waals surface area contributed by atoms with Gasteiger partial charge in [-0.2, -0.15) is 5.10 Å². The Hall–Kier alpha value is -3.19. The monoisotopic (exact) mass is 393 g/mol. The summed E-state index contributed by atoms with van der Waals surface area (Å²) in [5.41, 5.74) is 1.49. The van der Waals surface area contributed by atoms with E-state index in [1.165, 1.54) is 11.1 Å². The molecule has 3 aromatic rings. The second kappa shape index (κ2) is 7.33. The molecule has 7 nitrogen and oxygen atoms in total. The molecule has 0 aliphatic carbocycles. The number of carboxylic acids is 1. The number of carbonyl (C=O) groups excluding carboxylic acids is 1. The first kappa shape index (κ1) is 19.1. The summed E-state index contributed by atoms with van der Waals surface area (Å²) in [6, 6.07) is 13.0. The Morgan fingerprint density at radius 2 is 1.97 bits per heavy atom. The fourth-order valence-corrected chi connectivity index (χ4v) is 4.09. The van der Waals surface area contributed by atoms with Crippen LogP contribution in [-0.4, -0.2) is 55.8 Å². The quantitative estimate of drug-likeness (QED) is 0.708. The summed E-state index contributed by atoms with van der Waals surface area (Å²) in [4.78, 5) is 27.0. The van der Waals surface area contributed by atoms with E-state index in [0.29, 0.717) is 17.6 Å². The number of carboxylic acid groups (broad SMARTS) is 1. The molecule has 2 aromatic heterocycles. The van der Waals surface area contributed by atoms with Crippen molar-refractivity contribution in [2.75, 3.05) is 13.1 Å². The summed E-state index contributed by atoms with van der Waals surface area (Å²) in [7, 11) is 0. The van der Waals surface area contributed by atoms with Gasteiger partial charge in [-0.3, -0.25) is 9.59 Å². The molecule has 0 radical (unpaired) electrons. The van der Waals surface area contributed by atoms with Crippen molar-refractivity contribution in [1.82, 2.24) is 14.5 Å². The highest BCUT2D eigenvalue weighted by atomic mass is 16.4. The van der Waals surface area contributed by atoms with E-state index in [2.05, 4.69) is 5.10 Å². The molecule has 3 heterocycles. The fourth-order valence-electron chi connectivity index (χ4n) is 4.09. The van der Waals surface area contributed by atoms with Crippen molar-refractivity contribution < 1.29 is 19.8 Å². The molecule has 1 fully saturated rings. The summed E-state index contributed by atoms with van der Waals surface area (Å²) in [6.07, 6.45) is 2.69. The van der Waals surface area contributed by atoms with Gasteiger partial charge < -0.3 is 15.1 Å². The number of aromatic nitrogens is 2. The molecule has 0 spiro atoms. The number of likely N-dealkylation sites (tertiary alicyclic amines) is 1. The van der Waals surface area contributed by atoms with Crippen LogP contribution in [-0.2, 0) is 11.2 Å². The summed E-state index contributed by atoms with van der Waals surface area (Å²) >= 11 is 0. The van der Waals surface area contributed by atoms with Crippen LogP contribution in [0.15, 0.2) is 54.9 Å². The third-order valence-electron chi connectivity index (χ3n) is 5.75. The number of aliphatic carboxylic acids is 1. The lowest BCUT2D eigenvalue weighted by Gasteiger charge is -2.43. The predicted molar refractivity (Wildman–Crippen MR) is 107 cm³/mol. The Labute approximate surface area is 168 Å². The number of hydrogen-bond acceptors (Lipinski definition) is 4. The van der Waals surface area contributed by atoms with E-state index >= 15 is 0 Å². The third-order valence-corrected chi connectivity index (χ3v) is 5.75. The molecular weight excluding hydrogens is 370 g/mol. The van der Waals surface area contributed by atoms with Crippen LogP contribution >= 0.6 is 0 Å². The lowest BCUT2D eigenvalue weighted by atomic mass is 9.72. The highest BCUT2D eigenvalue weighted by Gasteiger charge is 2.50. The molecule has 0 unspecified atom stereocenters. The molecular formula is C22H23N3O4. The number of fused-ring (bicyclic) bond motifs is 1. The smallest absolute Gasteiger partial charge is 0.314 e. The van der Waals surface area contributed by atoms with Crippen LogP contribution < -0.4 is 0 Å². The Morgan fingerprint density at radius 1 is 1.21 bits per heavy atom. The van der Waals surface area contributed by atoms with Crippen molar-refractivity contribution in [3.05, 3.63) is 71.5 Å². The van der Waals surface area contributed by atoms with Crippen molar-refractivity contribution >= 4 is 17.4 Å². The Morgan fingerprint density at radius 3 is 2.69 bits per heavy atom. The fraction of sp³-hybridized carbons (Fsp3) is 0.318. The summed E-state index contributed by atoms with van der Waals surface area (Å²) in [5, 5.41) is 24.9. The Kier molecular flexibility index (Phi) is 4.84. The number of aliphatic hydroxyl groups excluding tert-OH is 1. The number of piperidine rings is 1. The molecule has 150 valence electrons. The van der Waals surface area contributed by atoms with Crippen LogP contribution in [0.1, 0.15) is 27.9 Å². The van der Waals surface area contributed by atoms with Gasteiger partial charge in [-0.05, 0) is 37.0 Å². The molecule has 1 aliphatic heterocycles. The standard InChI is InChI=1S/C22H23N3O4/c1-15-7-8-18-17(12-23-25(18)13-15)20(27)24-10-9-19(26)22(14-24,21(28)29)11-16-5-3-2-4-6-16/h2-8,12-13,19,26H,9-11,14H2,1H3,(H,28,29)/t19-,22+/m0/s1. The van der Waals surface area contributed by atoms with Gasteiger partial charge in [-0.15, -0.1) is 0 Å². The largest absolute Gasteiger partial charge is 0.481 e. The van der Waals surface area contributed by atoms with Crippen molar-refractivity contribution in [3.63, 3.8) is 0 Å². The Bertz CT molecular complexity index is 1060. The zero-order valence-corrected chi connectivity index (χ0v) is 16.2. The molecule has 1 amide bonds. The number of nitrogens with zero attached hydrogens (tertiary/aromatic N) is 3. The highest BCUT2D eigenvalue weighted by Crippen LogP contribution is 2.35. The number of carbonyl (C=O) groups is 2. The minimum atomic E-state index is -1.45. The van der Waals surface area contributed by atoms with Gasteiger partial charge in [0.05, 0.1) is 23.4 Å². The van der Waals surface area contributed by atoms with Crippen molar-refractivity contribution in [2.45, 2.75) is 25.9 Å². The zero-order chi connectivity index (χ0) is 20.6. The number of rotatable bonds is 4. The minimum Gasteiger partial charge on any atom is -0.481 e. The van der Waals surface area contributed by atoms with Crippen LogP contribution in [0.25, 0.3) is 5.52 Å². The number of aryl methyl sites for hydroxylation is 1. The van der Waals surface area contributed by atoms with E-state index in [4.69, 9.17) is 0 Å². The van der Waals surface area contributed by atoms with Gasteiger partial charge in [0.2, 0.25) is 0 Å². The maximum atomic E-state index is 13.2. The maximum absolute atomic E-state index is 13.2. The zero-order valence-electron chi connectivity index (χ0n) is 16.2. The van der Waals surface area contributed by atoms with Crippen LogP contribution in [0.5, 0.6) is 0 Å². The van der Waals surface area contributed by atoms with Gasteiger partial charge >= 0.3 is 5.97 Å². The molecule has 0 saturated carbocycles. The summed E-state index contributed by atoms with van der Waals surface area (Å²) < 4.78 is 1.65. The number of aliphatic hydroxyl groups is 1. The minimum absolute atomic E-state index is 0.0551. The van der Waals surface area contributed by atoms with Crippen LogP contribution in [0.3, 0.4) is 0 Å². The maximum Gasteiger partial charge on any atom is 0.314 e.